The highest BCUT2D eigenvalue weighted by Gasteiger charge is 2.37. The van der Waals surface area contributed by atoms with E-state index in [0.717, 1.165) is 49.7 Å². The third-order valence-corrected chi connectivity index (χ3v) is 6.42. The zero-order valence-electron chi connectivity index (χ0n) is 25.2. The molecule has 3 amide bonds. The summed E-state index contributed by atoms with van der Waals surface area (Å²) < 4.78 is 5.46. The van der Waals surface area contributed by atoms with E-state index < -0.39 is 23.8 Å². The van der Waals surface area contributed by atoms with Crippen molar-refractivity contribution in [2.24, 2.45) is 5.92 Å². The fraction of sp³-hybridized carbons (Fsp3) is 0.710. The van der Waals surface area contributed by atoms with Crippen LogP contribution in [0.25, 0.3) is 0 Å². The maximum Gasteiger partial charge on any atom is 0.408 e. The van der Waals surface area contributed by atoms with Gasteiger partial charge in [0, 0.05) is 13.1 Å². The molecule has 0 radical (unpaired) electrons. The Morgan fingerprint density at radius 2 is 1.47 bits per heavy atom. The van der Waals surface area contributed by atoms with E-state index in [0.29, 0.717) is 13.1 Å². The van der Waals surface area contributed by atoms with Gasteiger partial charge in [0.1, 0.15) is 17.7 Å². The first-order valence-corrected chi connectivity index (χ1v) is 14.6. The van der Waals surface area contributed by atoms with Gasteiger partial charge < -0.3 is 20.3 Å². The lowest BCUT2D eigenvalue weighted by Crippen LogP contribution is -2.55. The number of unbranched alkanes of at least 4 members (excludes halogenated alkanes) is 6. The lowest BCUT2D eigenvalue weighted by atomic mass is 9.97. The van der Waals surface area contributed by atoms with Crippen molar-refractivity contribution in [3.05, 3.63) is 35.4 Å². The number of aryl methyl sites for hydroxylation is 1. The molecule has 7 nitrogen and oxygen atoms in total. The molecule has 7 heteroatoms. The molecule has 1 rings (SSSR count). The molecule has 1 aromatic rings. The molecule has 2 atom stereocenters. The molecular formula is C31H53N3O4. The number of nitrogens with zero attached hydrogens (tertiary/aromatic N) is 1. The number of rotatable bonds is 16. The van der Waals surface area contributed by atoms with E-state index in [1.807, 2.05) is 45.0 Å². The van der Waals surface area contributed by atoms with Gasteiger partial charge in [0.2, 0.25) is 11.8 Å². The molecule has 2 N–H and O–H groups in total. The first-order valence-electron chi connectivity index (χ1n) is 14.6. The van der Waals surface area contributed by atoms with E-state index in [2.05, 4.69) is 24.5 Å². The molecule has 0 aliphatic heterocycles. The number of ether oxygens (including phenoxy) is 1. The largest absolute Gasteiger partial charge is 0.444 e. The summed E-state index contributed by atoms with van der Waals surface area (Å²) in [4.78, 5) is 42.1. The Kier molecular flexibility index (Phi) is 15.1. The van der Waals surface area contributed by atoms with Crippen molar-refractivity contribution >= 4 is 17.9 Å². The van der Waals surface area contributed by atoms with Crippen LogP contribution < -0.4 is 10.6 Å². The molecule has 0 bridgehead atoms. The van der Waals surface area contributed by atoms with Gasteiger partial charge in [-0.1, -0.05) is 96.0 Å². The SMILES string of the molecule is CCCCCCCCN(C(=O)C(NC(=O)OC(C)(C)C)C(C)C)C(C(=O)NCCCC)c1ccc(C)cc1. The Labute approximate surface area is 231 Å². The molecule has 38 heavy (non-hydrogen) atoms. The fourth-order valence-electron chi connectivity index (χ4n) is 4.26. The summed E-state index contributed by atoms with van der Waals surface area (Å²) in [6.07, 6.45) is 7.59. The monoisotopic (exact) mass is 531 g/mol. The van der Waals surface area contributed by atoms with Crippen LogP contribution in [0.15, 0.2) is 24.3 Å². The number of carbonyl (C=O) groups is 3. The number of benzene rings is 1. The predicted octanol–water partition coefficient (Wildman–Crippen LogP) is 6.69. The van der Waals surface area contributed by atoms with E-state index in [1.54, 1.807) is 25.7 Å². The molecule has 216 valence electrons. The molecule has 0 aliphatic carbocycles. The second-order valence-electron chi connectivity index (χ2n) is 11.6. The van der Waals surface area contributed by atoms with Crippen LogP contribution in [0.4, 0.5) is 4.79 Å². The van der Waals surface area contributed by atoms with Gasteiger partial charge in [0.05, 0.1) is 0 Å². The maximum absolute atomic E-state index is 14.1. The normalized spacial score (nSPS) is 13.1. The Balaban J connectivity index is 3.35. The first kappa shape index (κ1) is 33.5. The molecule has 0 spiro atoms. The van der Waals surface area contributed by atoms with Gasteiger partial charge >= 0.3 is 6.09 Å². The van der Waals surface area contributed by atoms with Crippen LogP contribution in [0.2, 0.25) is 0 Å². The topological polar surface area (TPSA) is 87.7 Å². The van der Waals surface area contributed by atoms with Crippen molar-refractivity contribution in [3.63, 3.8) is 0 Å². The van der Waals surface area contributed by atoms with Gasteiger partial charge in [0.25, 0.3) is 0 Å². The third kappa shape index (κ3) is 12.3. The molecule has 0 fully saturated rings. The number of amides is 3. The molecule has 0 aromatic heterocycles. The van der Waals surface area contributed by atoms with E-state index in [4.69, 9.17) is 4.74 Å². The third-order valence-electron chi connectivity index (χ3n) is 6.42. The van der Waals surface area contributed by atoms with Crippen LogP contribution >= 0.6 is 0 Å². The van der Waals surface area contributed by atoms with Crippen LogP contribution in [-0.2, 0) is 14.3 Å². The minimum Gasteiger partial charge on any atom is -0.444 e. The zero-order chi connectivity index (χ0) is 28.7. The van der Waals surface area contributed by atoms with E-state index >= 15 is 0 Å². The number of alkyl carbamates (subject to hydrolysis) is 1. The predicted molar refractivity (Wildman–Crippen MR) is 155 cm³/mol. The molecule has 2 unspecified atom stereocenters. The molecule has 0 saturated carbocycles. The van der Waals surface area contributed by atoms with Crippen LogP contribution in [0.1, 0.15) is 117 Å². The van der Waals surface area contributed by atoms with Gasteiger partial charge in [-0.25, -0.2) is 4.79 Å². The summed E-state index contributed by atoms with van der Waals surface area (Å²) in [6, 6.07) is 6.18. The van der Waals surface area contributed by atoms with Gasteiger partial charge in [-0.15, -0.1) is 0 Å². The number of carbonyl (C=O) groups excluding carboxylic acids is 3. The molecular weight excluding hydrogens is 478 g/mol. The average molecular weight is 532 g/mol. The Hall–Kier alpha value is -2.57. The molecule has 1 aromatic carbocycles. The Morgan fingerprint density at radius 1 is 0.895 bits per heavy atom. The summed E-state index contributed by atoms with van der Waals surface area (Å²) in [5.74, 6) is -0.652. The van der Waals surface area contributed by atoms with Gasteiger partial charge in [0.15, 0.2) is 0 Å². The van der Waals surface area contributed by atoms with E-state index in [-0.39, 0.29) is 17.7 Å². The van der Waals surface area contributed by atoms with Crippen LogP contribution in [0.5, 0.6) is 0 Å². The highest BCUT2D eigenvalue weighted by Crippen LogP contribution is 2.25. The highest BCUT2D eigenvalue weighted by molar-refractivity contribution is 5.92. The van der Waals surface area contributed by atoms with Gasteiger partial charge in [-0.3, -0.25) is 9.59 Å². The second-order valence-corrected chi connectivity index (χ2v) is 11.6. The minimum absolute atomic E-state index is 0.191. The van der Waals surface area contributed by atoms with E-state index in [9.17, 15) is 14.4 Å². The van der Waals surface area contributed by atoms with Crippen molar-refractivity contribution in [2.75, 3.05) is 13.1 Å². The lowest BCUT2D eigenvalue weighted by molar-refractivity contribution is -0.143. The molecule has 0 saturated heterocycles. The Bertz CT molecular complexity index is 846. The summed E-state index contributed by atoms with van der Waals surface area (Å²) in [6.45, 7) is 16.4. The minimum atomic E-state index is -0.818. The zero-order valence-corrected chi connectivity index (χ0v) is 25.2. The Morgan fingerprint density at radius 3 is 2.03 bits per heavy atom. The molecule has 0 heterocycles. The van der Waals surface area contributed by atoms with Gasteiger partial charge in [-0.2, -0.15) is 0 Å². The lowest BCUT2D eigenvalue weighted by Gasteiger charge is -2.35. The standard InChI is InChI=1S/C31H53N3O4/c1-9-11-13-14-15-16-22-34(29(36)26(23(3)4)33-30(37)38-31(6,7)8)27(28(35)32-21-12-10-2)25-19-17-24(5)18-20-25/h17-20,23,26-27H,9-16,21-22H2,1-8H3,(H,32,35)(H,33,37). The number of hydrogen-bond acceptors (Lipinski definition) is 4. The van der Waals surface area contributed by atoms with Crippen LogP contribution in [-0.4, -0.2) is 47.5 Å². The summed E-state index contributed by atoms with van der Waals surface area (Å²) in [5, 5.41) is 5.84. The van der Waals surface area contributed by atoms with E-state index in [1.165, 1.54) is 12.8 Å². The van der Waals surface area contributed by atoms with Crippen molar-refractivity contribution in [3.8, 4) is 0 Å². The van der Waals surface area contributed by atoms with Crippen molar-refractivity contribution in [1.82, 2.24) is 15.5 Å². The summed E-state index contributed by atoms with van der Waals surface area (Å²) in [5.41, 5.74) is 1.17. The smallest absolute Gasteiger partial charge is 0.408 e. The first-order chi connectivity index (χ1) is 17.9. The summed E-state index contributed by atoms with van der Waals surface area (Å²) >= 11 is 0. The van der Waals surface area contributed by atoms with Crippen LogP contribution in [0, 0.1) is 12.8 Å². The highest BCUT2D eigenvalue weighted by atomic mass is 16.6. The quantitative estimate of drug-likeness (QED) is 0.233. The van der Waals surface area contributed by atoms with Crippen LogP contribution in [0.3, 0.4) is 0 Å². The molecule has 0 aliphatic rings. The van der Waals surface area contributed by atoms with Crippen molar-refractivity contribution in [2.45, 2.75) is 124 Å². The summed E-state index contributed by atoms with van der Waals surface area (Å²) in [7, 11) is 0. The average Bonchev–Trinajstić information content (AvgIpc) is 2.83. The van der Waals surface area contributed by atoms with Crippen molar-refractivity contribution < 1.29 is 19.1 Å². The number of hydrogen-bond donors (Lipinski definition) is 2. The van der Waals surface area contributed by atoms with Gasteiger partial charge in [-0.05, 0) is 52.0 Å². The fourth-order valence-corrected chi connectivity index (χ4v) is 4.26. The second kappa shape index (κ2) is 17.1. The maximum atomic E-state index is 14.1. The van der Waals surface area contributed by atoms with Crippen molar-refractivity contribution in [1.29, 1.82) is 0 Å². The number of nitrogens with one attached hydrogen (secondary N) is 2.